The Kier molecular flexibility index (Phi) is 36.0. The summed E-state index contributed by atoms with van der Waals surface area (Å²) in [5.41, 5.74) is 0. The minimum Gasteiger partial charge on any atom is -0.550 e. The number of carboxylic acids is 2. The number of rotatable bonds is 46. The Morgan fingerprint density at radius 1 is 0.191 bits per heavy atom. The topological polar surface area (TPSA) is 80.3 Å². The Hall–Kier alpha value is -2.52. The molecule has 0 aliphatic rings. The molecule has 0 unspecified atom stereocenters. The Labute approximate surface area is 507 Å². The van der Waals surface area contributed by atoms with Crippen LogP contribution in [-0.4, -0.2) is 107 Å². The minimum absolute atomic E-state index is 0. The zero-order valence-electron chi connectivity index (χ0n) is 46.8. The van der Waals surface area contributed by atoms with Crippen LogP contribution in [0.4, 0.5) is 149 Å². The van der Waals surface area contributed by atoms with Gasteiger partial charge in [-0.15, -0.1) is 0 Å². The maximum Gasteiger partial charge on any atom is 2.00 e. The molecule has 0 N–H and O–H groups in total. The van der Waals surface area contributed by atoms with Crippen LogP contribution in [0.3, 0.4) is 0 Å². The van der Waals surface area contributed by atoms with E-state index >= 15 is 0 Å². The van der Waals surface area contributed by atoms with E-state index in [1.807, 2.05) is 0 Å². The Morgan fingerprint density at radius 3 is 0.461 bits per heavy atom. The molecule has 0 aromatic carbocycles. The van der Waals surface area contributed by atoms with Gasteiger partial charge in [-0.1, -0.05) is 154 Å². The van der Waals surface area contributed by atoms with E-state index in [0.29, 0.717) is 51.4 Å². The van der Waals surface area contributed by atoms with E-state index in [4.69, 9.17) is 0 Å². The summed E-state index contributed by atoms with van der Waals surface area (Å²) in [6.07, 6.45) is -7.01. The van der Waals surface area contributed by atoms with E-state index in [1.165, 1.54) is 0 Å². The molecule has 528 valence electrons. The fraction of sp³-hybridized carbons (Fsp3) is 0.960. The minimum atomic E-state index is -8.59. The molecule has 0 aliphatic carbocycles. The third-order valence-electron chi connectivity index (χ3n) is 13.8. The summed E-state index contributed by atoms with van der Waals surface area (Å²) in [5, 5.41) is 20.5. The van der Waals surface area contributed by atoms with Crippen molar-refractivity contribution in [1.82, 2.24) is 0 Å². The maximum atomic E-state index is 13.9. The predicted octanol–water partition coefficient (Wildman–Crippen LogP) is 20.0. The van der Waals surface area contributed by atoms with Crippen LogP contribution >= 0.6 is 0 Å². The van der Waals surface area contributed by atoms with Crippen molar-refractivity contribution >= 4 is 11.9 Å². The monoisotopic (exact) mass is 1490 g/mol. The molecule has 0 saturated heterocycles. The molecule has 0 aromatic rings. The number of alkyl halides is 34. The van der Waals surface area contributed by atoms with Crippen molar-refractivity contribution in [3.05, 3.63) is 0 Å². The van der Waals surface area contributed by atoms with Crippen LogP contribution in [0.15, 0.2) is 0 Å². The van der Waals surface area contributed by atoms with E-state index in [2.05, 4.69) is 0 Å². The molecule has 0 aromatic heterocycles. The zero-order chi connectivity index (χ0) is 69.8. The maximum absolute atomic E-state index is 13.9. The number of carboxylic acid groups (broad SMARTS) is 2. The van der Waals surface area contributed by atoms with Gasteiger partial charge >= 0.3 is 123 Å². The molecule has 89 heavy (non-hydrogen) atoms. The Balaban J connectivity index is -0.00000164. The summed E-state index contributed by atoms with van der Waals surface area (Å²) in [6, 6.07) is 0. The van der Waals surface area contributed by atoms with Gasteiger partial charge in [-0.25, -0.2) is 0 Å². The number of carbonyl (C=O) groups excluding carboxylic acids is 2. The molecule has 0 aliphatic heterocycles. The van der Waals surface area contributed by atoms with E-state index in [1.54, 1.807) is 0 Å². The number of unbranched alkanes of at least 4 members (excludes halogenated alkanes) is 26. The van der Waals surface area contributed by atoms with Gasteiger partial charge in [0.1, 0.15) is 0 Å². The van der Waals surface area contributed by atoms with Crippen LogP contribution in [0.2, 0.25) is 0 Å². The Morgan fingerprint density at radius 2 is 0.315 bits per heavy atom. The van der Waals surface area contributed by atoms with Crippen LogP contribution in [0.25, 0.3) is 0 Å². The van der Waals surface area contributed by atoms with Gasteiger partial charge in [-0.2, -0.15) is 149 Å². The summed E-state index contributed by atoms with van der Waals surface area (Å²) in [4.78, 5) is 20.5. The van der Waals surface area contributed by atoms with Crippen LogP contribution in [-0.2, 0) is 36.9 Å². The molecule has 39 heteroatoms. The van der Waals surface area contributed by atoms with Gasteiger partial charge in [0.05, 0.1) is 0 Å². The first-order valence-electron chi connectivity index (χ1n) is 27.2. The molecule has 0 amide bonds. The van der Waals surface area contributed by atoms with Crippen LogP contribution in [0.1, 0.15) is 205 Å². The summed E-state index contributed by atoms with van der Waals surface area (Å²) in [5.74, 6) is -114. The number of aliphatic carboxylic acids is 2. The molecule has 0 fully saturated rings. The van der Waals surface area contributed by atoms with Crippen LogP contribution in [0, 0.1) is 0 Å². The second kappa shape index (κ2) is 35.3. The molecule has 0 heterocycles. The first kappa shape index (κ1) is 90.7. The largest absolute Gasteiger partial charge is 2.00 e. The normalized spacial score (nSPS) is 14.6. The fourth-order valence-electron chi connectivity index (χ4n) is 8.18. The van der Waals surface area contributed by atoms with Gasteiger partial charge in [0, 0.05) is 24.8 Å². The number of halogens is 34. The SMILES string of the molecule is O=C([O-])CCCCCCCCCCCCCCCCC(F)(F)C(F)(F)C(F)(F)C(F)(F)C(F)(F)C(F)(F)C(F)(F)C(F)(F)F.O=C([O-])CCCCCCCCCCCCCCCCC(F)(F)C(F)(F)C(F)(F)C(F)(F)C(F)(F)C(F)(F)C(F)(F)C(F)(F)F.[Cd+2]. The molecule has 0 bridgehead atoms. The summed E-state index contributed by atoms with van der Waals surface area (Å²) < 4.78 is 451. The fourth-order valence-corrected chi connectivity index (χ4v) is 8.18. The molecular formula is C50H64CdF34O4. The zero-order valence-corrected chi connectivity index (χ0v) is 50.9. The van der Waals surface area contributed by atoms with Gasteiger partial charge in [0.25, 0.3) is 0 Å². The smallest absolute Gasteiger partial charge is 0.550 e. The van der Waals surface area contributed by atoms with Crippen LogP contribution in [0.5, 0.6) is 0 Å². The van der Waals surface area contributed by atoms with Gasteiger partial charge in [0.15, 0.2) is 0 Å². The van der Waals surface area contributed by atoms with E-state index in [-0.39, 0.29) is 65.8 Å². The molecule has 0 saturated carbocycles. The number of hydrogen-bond donors (Lipinski definition) is 0. The second-order valence-corrected chi connectivity index (χ2v) is 20.9. The second-order valence-electron chi connectivity index (χ2n) is 20.9. The van der Waals surface area contributed by atoms with Crippen molar-refractivity contribution in [3.63, 3.8) is 0 Å². The summed E-state index contributed by atoms with van der Waals surface area (Å²) in [6.45, 7) is 0. The van der Waals surface area contributed by atoms with Gasteiger partial charge in [0.2, 0.25) is 0 Å². The van der Waals surface area contributed by atoms with E-state index in [0.717, 1.165) is 89.9 Å². The number of carbonyl (C=O) groups is 2. The van der Waals surface area contributed by atoms with Crippen molar-refractivity contribution < 1.29 is 196 Å². The third kappa shape index (κ3) is 22.3. The van der Waals surface area contributed by atoms with Gasteiger partial charge in [-0.3, -0.25) is 0 Å². The first-order valence-corrected chi connectivity index (χ1v) is 27.2. The molecule has 4 nitrogen and oxygen atoms in total. The van der Waals surface area contributed by atoms with Gasteiger partial charge < -0.3 is 19.8 Å². The molecule has 0 atom stereocenters. The van der Waals surface area contributed by atoms with Crippen molar-refractivity contribution in [2.45, 2.75) is 301 Å². The summed E-state index contributed by atoms with van der Waals surface area (Å²) >= 11 is 0. The average molecular weight is 1490 g/mol. The Bertz CT molecular complexity index is 1890. The molecule has 0 spiro atoms. The first-order chi connectivity index (χ1) is 39.3. The van der Waals surface area contributed by atoms with Crippen molar-refractivity contribution in [3.8, 4) is 0 Å². The third-order valence-corrected chi connectivity index (χ3v) is 13.8. The standard InChI is InChI=1S/2C25H33F17O2.Cd/c2*26-18(27,16-14-12-10-8-6-4-2-1-3-5-7-9-11-13-15-17(43)44)19(28,29)20(30,31)21(32,33)22(34,35)23(36,37)24(38,39)25(40,41)42;/h2*1-16H2,(H,43,44);/q;;+2/p-2. The number of hydrogen-bond acceptors (Lipinski definition) is 4. The quantitative estimate of drug-likeness (QED) is 0.0346. The van der Waals surface area contributed by atoms with Gasteiger partial charge in [-0.05, 0) is 38.5 Å². The van der Waals surface area contributed by atoms with E-state index in [9.17, 15) is 169 Å². The predicted molar refractivity (Wildman–Crippen MR) is 239 cm³/mol. The molecular weight excluding hydrogens is 1420 g/mol. The average Bonchev–Trinajstić information content (AvgIpc) is 1.89. The van der Waals surface area contributed by atoms with Crippen molar-refractivity contribution in [2.75, 3.05) is 0 Å². The van der Waals surface area contributed by atoms with E-state index < -0.39 is 133 Å². The molecule has 0 rings (SSSR count). The van der Waals surface area contributed by atoms with Crippen molar-refractivity contribution in [2.24, 2.45) is 0 Å². The molecule has 0 radical (unpaired) electrons. The van der Waals surface area contributed by atoms with Crippen LogP contribution < -0.4 is 10.2 Å². The van der Waals surface area contributed by atoms with Crippen molar-refractivity contribution in [1.29, 1.82) is 0 Å². The summed E-state index contributed by atoms with van der Waals surface area (Å²) in [7, 11) is 0.